The van der Waals surface area contributed by atoms with Crippen molar-refractivity contribution >= 4 is 40.6 Å². The zero-order chi connectivity index (χ0) is 32.3. The van der Waals surface area contributed by atoms with Crippen LogP contribution in [0.25, 0.3) is 11.0 Å². The molecule has 1 spiro atoms. The quantitative estimate of drug-likeness (QED) is 0.150. The number of aliphatic hydroxyl groups excluding tert-OH is 1. The molecule has 6 atom stereocenters. The Balaban J connectivity index is 1.35. The molecule has 3 aliphatic heterocycles. The number of carbonyl (C=O) groups excluding carboxylic acids is 3. The zero-order valence-corrected chi connectivity index (χ0v) is 26.8. The summed E-state index contributed by atoms with van der Waals surface area (Å²) in [5, 5.41) is 19.2. The lowest BCUT2D eigenvalue weighted by Crippen LogP contribution is -2.58. The molecule has 4 heterocycles. The number of para-hydroxylation sites is 1. The van der Waals surface area contributed by atoms with Crippen LogP contribution in [0.1, 0.15) is 37.7 Å². The molecule has 3 aliphatic rings. The van der Waals surface area contributed by atoms with Gasteiger partial charge in [-0.05, 0) is 56.2 Å². The number of ether oxygens (including phenoxy) is 1. The lowest BCUT2D eigenvalue weighted by atomic mass is 9.71. The number of benzene rings is 2. The summed E-state index contributed by atoms with van der Waals surface area (Å²) in [7, 11) is 0. The van der Waals surface area contributed by atoms with Gasteiger partial charge in [-0.2, -0.15) is 0 Å². The number of esters is 1. The van der Waals surface area contributed by atoms with Crippen molar-refractivity contribution in [2.24, 2.45) is 11.8 Å². The Kier molecular flexibility index (Phi) is 9.60. The van der Waals surface area contributed by atoms with E-state index in [-0.39, 0.29) is 49.5 Å². The number of hydrogen-bond acceptors (Lipinski definition) is 8. The van der Waals surface area contributed by atoms with Gasteiger partial charge >= 0.3 is 5.97 Å². The summed E-state index contributed by atoms with van der Waals surface area (Å²) in [6.07, 6.45) is 7.63. The van der Waals surface area contributed by atoms with E-state index >= 15 is 0 Å². The van der Waals surface area contributed by atoms with Crippen molar-refractivity contribution in [2.45, 2.75) is 67.3 Å². The minimum atomic E-state index is -0.888. The summed E-state index contributed by atoms with van der Waals surface area (Å²) >= 11 is 1.59. The molecule has 46 heavy (non-hydrogen) atoms. The van der Waals surface area contributed by atoms with Crippen molar-refractivity contribution in [2.75, 3.05) is 19.8 Å². The molecule has 11 heteroatoms. The van der Waals surface area contributed by atoms with Crippen LogP contribution < -0.4 is 0 Å². The largest absolute Gasteiger partial charge is 0.465 e. The van der Waals surface area contributed by atoms with Crippen molar-refractivity contribution in [1.29, 1.82) is 0 Å². The van der Waals surface area contributed by atoms with Gasteiger partial charge in [0.05, 0.1) is 41.4 Å². The van der Waals surface area contributed by atoms with E-state index in [1.807, 2.05) is 60.7 Å². The molecule has 3 aromatic rings. The molecule has 0 saturated carbocycles. The Bertz CT molecular complexity index is 1600. The molecule has 2 aromatic carbocycles. The number of amides is 2. The Hall–Kier alpha value is -3.96. The third-order valence-electron chi connectivity index (χ3n) is 9.60. The van der Waals surface area contributed by atoms with Crippen molar-refractivity contribution in [3.63, 3.8) is 0 Å². The average Bonchev–Trinajstić information content (AvgIpc) is 3.83. The van der Waals surface area contributed by atoms with Gasteiger partial charge < -0.3 is 19.6 Å². The van der Waals surface area contributed by atoms with E-state index in [1.165, 1.54) is 0 Å². The maximum atomic E-state index is 14.9. The van der Waals surface area contributed by atoms with Crippen LogP contribution in [0.3, 0.4) is 0 Å². The first-order valence-electron chi connectivity index (χ1n) is 16.0. The van der Waals surface area contributed by atoms with Gasteiger partial charge in [-0.15, -0.1) is 30.0 Å². The van der Waals surface area contributed by atoms with Crippen molar-refractivity contribution in [3.05, 3.63) is 85.5 Å². The van der Waals surface area contributed by atoms with Gasteiger partial charge in [-0.1, -0.05) is 59.8 Å². The number of carbonyl (C=O) groups is 3. The van der Waals surface area contributed by atoms with E-state index < -0.39 is 28.7 Å². The van der Waals surface area contributed by atoms with Gasteiger partial charge in [0, 0.05) is 11.8 Å². The molecular formula is C35H41N5O5S. The fraction of sp³-hybridized carbons (Fsp3) is 0.457. The lowest BCUT2D eigenvalue weighted by Gasteiger charge is -2.39. The number of nitrogens with zero attached hydrogens (tertiary/aromatic N) is 5. The van der Waals surface area contributed by atoms with E-state index in [2.05, 4.69) is 23.5 Å². The molecule has 3 fully saturated rings. The Morgan fingerprint density at radius 2 is 1.91 bits per heavy atom. The maximum Gasteiger partial charge on any atom is 0.310 e. The normalized spacial score (nSPS) is 25.4. The third-order valence-corrected chi connectivity index (χ3v) is 11.5. The predicted octanol–water partition coefficient (Wildman–Crippen LogP) is 4.00. The molecule has 0 radical (unpaired) electrons. The van der Waals surface area contributed by atoms with Gasteiger partial charge in [-0.25, -0.2) is 4.68 Å². The highest BCUT2D eigenvalue weighted by molar-refractivity contribution is 8.02. The molecule has 2 unspecified atom stereocenters. The van der Waals surface area contributed by atoms with Crippen LogP contribution in [0.4, 0.5) is 0 Å². The summed E-state index contributed by atoms with van der Waals surface area (Å²) in [6, 6.07) is 15.6. The SMILES string of the molecule is C=CCCCCOC(=O)[C@@H]1[C@@H]2CCC3(S2)C(C(=O)N(CC=C)Cn2nnc4ccccc42)N([C@@H](CO)Cc2ccccc2)C(=O)[C@H]13. The smallest absolute Gasteiger partial charge is 0.310 e. The monoisotopic (exact) mass is 643 g/mol. The number of allylic oxidation sites excluding steroid dienone is 1. The van der Waals surface area contributed by atoms with E-state index in [4.69, 9.17) is 4.74 Å². The molecule has 2 amide bonds. The molecule has 2 bridgehead atoms. The first kappa shape index (κ1) is 32.0. The van der Waals surface area contributed by atoms with Gasteiger partial charge in [0.2, 0.25) is 11.8 Å². The lowest BCUT2D eigenvalue weighted by molar-refractivity contribution is -0.154. The molecule has 242 valence electrons. The average molecular weight is 644 g/mol. The number of aromatic nitrogens is 3. The second-order valence-electron chi connectivity index (χ2n) is 12.3. The molecule has 10 nitrogen and oxygen atoms in total. The van der Waals surface area contributed by atoms with Crippen LogP contribution >= 0.6 is 11.8 Å². The number of hydrogen-bond donors (Lipinski definition) is 1. The standard InChI is InChI=1S/C35H41N5O5S/c1-3-5-6-12-20-45-34(44)29-28-17-18-35(46-28)30(29)32(42)40(25(22-41)21-24-13-8-7-9-14-24)31(35)33(43)38(19-4-2)23-39-27-16-11-10-15-26(27)36-37-39/h3-4,7-11,13-16,25,28-31,41H,1-2,5-6,12,17-23H2/t25-,28+,29-,30+,31?,35?/m1/s1. The molecule has 1 N–H and O–H groups in total. The highest BCUT2D eigenvalue weighted by Gasteiger charge is 2.74. The minimum absolute atomic E-state index is 0.109. The summed E-state index contributed by atoms with van der Waals surface area (Å²) in [5.74, 6) is -2.25. The van der Waals surface area contributed by atoms with E-state index in [0.717, 1.165) is 30.3 Å². The third kappa shape index (κ3) is 5.75. The van der Waals surface area contributed by atoms with Crippen LogP contribution in [-0.2, 0) is 32.2 Å². The van der Waals surface area contributed by atoms with E-state index in [9.17, 15) is 19.5 Å². The molecule has 1 aromatic heterocycles. The summed E-state index contributed by atoms with van der Waals surface area (Å²) < 4.78 is 6.61. The summed E-state index contributed by atoms with van der Waals surface area (Å²) in [6.45, 7) is 7.94. The number of thioether (sulfide) groups is 1. The van der Waals surface area contributed by atoms with Crippen LogP contribution in [0.2, 0.25) is 0 Å². The first-order valence-corrected chi connectivity index (χ1v) is 16.9. The number of rotatable bonds is 15. The second kappa shape index (κ2) is 13.8. The van der Waals surface area contributed by atoms with Crippen LogP contribution in [-0.4, -0.2) is 89.5 Å². The van der Waals surface area contributed by atoms with Gasteiger partial charge in [-0.3, -0.25) is 14.4 Å². The van der Waals surface area contributed by atoms with Gasteiger partial charge in [0.1, 0.15) is 18.2 Å². The van der Waals surface area contributed by atoms with Gasteiger partial charge in [0.25, 0.3) is 0 Å². The fourth-order valence-electron chi connectivity index (χ4n) is 7.56. The second-order valence-corrected chi connectivity index (χ2v) is 13.9. The summed E-state index contributed by atoms with van der Waals surface area (Å²) in [5.41, 5.74) is 2.44. The molecule has 6 rings (SSSR count). The van der Waals surface area contributed by atoms with E-state index in [0.29, 0.717) is 24.8 Å². The Labute approximate surface area is 273 Å². The predicted molar refractivity (Wildman–Crippen MR) is 176 cm³/mol. The topological polar surface area (TPSA) is 118 Å². The zero-order valence-electron chi connectivity index (χ0n) is 25.9. The fourth-order valence-corrected chi connectivity index (χ4v) is 9.75. The first-order chi connectivity index (χ1) is 22.4. The number of fused-ring (bicyclic) bond motifs is 2. The molecular weight excluding hydrogens is 602 g/mol. The molecule has 3 saturated heterocycles. The highest BCUT2D eigenvalue weighted by atomic mass is 32.2. The Morgan fingerprint density at radius 1 is 1.13 bits per heavy atom. The Morgan fingerprint density at radius 3 is 2.67 bits per heavy atom. The summed E-state index contributed by atoms with van der Waals surface area (Å²) in [4.78, 5) is 46.4. The van der Waals surface area contributed by atoms with Crippen LogP contribution in [0.15, 0.2) is 79.9 Å². The number of unbranched alkanes of at least 4 members (excludes halogenated alkanes) is 2. The van der Waals surface area contributed by atoms with Crippen molar-refractivity contribution in [1.82, 2.24) is 24.8 Å². The van der Waals surface area contributed by atoms with E-state index in [1.54, 1.807) is 32.3 Å². The van der Waals surface area contributed by atoms with Gasteiger partial charge in [0.15, 0.2) is 0 Å². The highest BCUT2D eigenvalue weighted by Crippen LogP contribution is 2.67. The minimum Gasteiger partial charge on any atom is -0.465 e. The van der Waals surface area contributed by atoms with Crippen molar-refractivity contribution < 1.29 is 24.2 Å². The maximum absolute atomic E-state index is 14.9. The molecule has 0 aliphatic carbocycles. The number of aliphatic hydroxyl groups is 1. The van der Waals surface area contributed by atoms with Crippen LogP contribution in [0, 0.1) is 11.8 Å². The van der Waals surface area contributed by atoms with Crippen molar-refractivity contribution in [3.8, 4) is 0 Å². The van der Waals surface area contributed by atoms with Crippen LogP contribution in [0.5, 0.6) is 0 Å². The number of likely N-dealkylation sites (tertiary alicyclic amines) is 1.